The molecular weight excluding hydrogens is 225 g/mol. The van der Waals surface area contributed by atoms with E-state index in [2.05, 4.69) is 4.98 Å². The zero-order valence-electron chi connectivity index (χ0n) is 7.65. The van der Waals surface area contributed by atoms with Crippen molar-refractivity contribution in [2.24, 2.45) is 0 Å². The highest BCUT2D eigenvalue weighted by molar-refractivity contribution is 5.92. The molecule has 2 aromatic heterocycles. The summed E-state index contributed by atoms with van der Waals surface area (Å²) < 4.78 is 38.3. The second-order valence-corrected chi connectivity index (χ2v) is 3.09. The summed E-state index contributed by atoms with van der Waals surface area (Å²) in [6, 6.07) is 1.56. The second-order valence-electron chi connectivity index (χ2n) is 3.09. The van der Waals surface area contributed by atoms with Crippen molar-refractivity contribution < 1.29 is 23.1 Å². The molecule has 0 saturated heterocycles. The first-order valence-corrected chi connectivity index (χ1v) is 4.15. The standard InChI is InChI=1S/C9H5F3N2O2/c10-9(11,12)5-1-2-14-4-13-7(8(15)16)6(14)3-5/h1-4H,(H,15,16)/p-1. The first-order valence-electron chi connectivity index (χ1n) is 4.15. The smallest absolute Gasteiger partial charge is 0.416 e. The lowest BCUT2D eigenvalue weighted by Gasteiger charge is -2.07. The second kappa shape index (κ2) is 3.22. The SMILES string of the molecule is O=C([O-])c1ncn2ccc(C(F)(F)F)cc12. The van der Waals surface area contributed by atoms with Crippen molar-refractivity contribution in [2.45, 2.75) is 6.18 Å². The summed E-state index contributed by atoms with van der Waals surface area (Å²) in [7, 11) is 0. The summed E-state index contributed by atoms with van der Waals surface area (Å²) in [6.45, 7) is 0. The Morgan fingerprint density at radius 3 is 2.69 bits per heavy atom. The third kappa shape index (κ3) is 1.60. The van der Waals surface area contributed by atoms with Gasteiger partial charge in [-0.15, -0.1) is 0 Å². The van der Waals surface area contributed by atoms with E-state index in [1.807, 2.05) is 0 Å². The number of nitrogens with zero attached hydrogens (tertiary/aromatic N) is 2. The molecular formula is C9H4F3N2O2-. The van der Waals surface area contributed by atoms with Gasteiger partial charge >= 0.3 is 6.18 Å². The highest BCUT2D eigenvalue weighted by atomic mass is 19.4. The Labute approximate surface area is 87.0 Å². The maximum Gasteiger partial charge on any atom is 0.416 e. The zero-order chi connectivity index (χ0) is 11.9. The summed E-state index contributed by atoms with van der Waals surface area (Å²) >= 11 is 0. The van der Waals surface area contributed by atoms with Gasteiger partial charge < -0.3 is 14.3 Å². The Morgan fingerprint density at radius 1 is 1.44 bits per heavy atom. The van der Waals surface area contributed by atoms with Gasteiger partial charge in [0.1, 0.15) is 5.69 Å². The largest absolute Gasteiger partial charge is 0.543 e. The fraction of sp³-hybridized carbons (Fsp3) is 0.111. The lowest BCUT2D eigenvalue weighted by atomic mass is 10.2. The molecule has 0 atom stereocenters. The zero-order valence-corrected chi connectivity index (χ0v) is 7.65. The molecule has 0 radical (unpaired) electrons. The van der Waals surface area contributed by atoms with E-state index >= 15 is 0 Å². The van der Waals surface area contributed by atoms with Crippen LogP contribution in [0.25, 0.3) is 5.52 Å². The molecule has 84 valence electrons. The normalized spacial score (nSPS) is 11.9. The van der Waals surface area contributed by atoms with E-state index in [1.165, 1.54) is 4.40 Å². The van der Waals surface area contributed by atoms with Gasteiger partial charge in [0.25, 0.3) is 0 Å². The monoisotopic (exact) mass is 229 g/mol. The molecule has 0 N–H and O–H groups in total. The number of carbonyl (C=O) groups excluding carboxylic acids is 1. The van der Waals surface area contributed by atoms with Gasteiger partial charge in [0, 0.05) is 6.20 Å². The van der Waals surface area contributed by atoms with Crippen LogP contribution >= 0.6 is 0 Å². The van der Waals surface area contributed by atoms with E-state index in [0.717, 1.165) is 24.7 Å². The van der Waals surface area contributed by atoms with E-state index in [4.69, 9.17) is 0 Å². The summed E-state index contributed by atoms with van der Waals surface area (Å²) in [5.74, 6) is -1.61. The lowest BCUT2D eigenvalue weighted by Crippen LogP contribution is -2.23. The first-order chi connectivity index (χ1) is 7.39. The third-order valence-electron chi connectivity index (χ3n) is 2.06. The molecule has 2 heterocycles. The van der Waals surface area contributed by atoms with Crippen molar-refractivity contribution >= 4 is 11.5 Å². The molecule has 0 unspecified atom stereocenters. The third-order valence-corrected chi connectivity index (χ3v) is 2.06. The molecule has 0 aliphatic heterocycles. The number of halogens is 3. The fourth-order valence-corrected chi connectivity index (χ4v) is 1.32. The average molecular weight is 229 g/mol. The molecule has 16 heavy (non-hydrogen) atoms. The topological polar surface area (TPSA) is 57.4 Å². The van der Waals surface area contributed by atoms with Crippen LogP contribution < -0.4 is 5.11 Å². The molecule has 0 fully saturated rings. The lowest BCUT2D eigenvalue weighted by molar-refractivity contribution is -0.255. The Hall–Kier alpha value is -2.05. The van der Waals surface area contributed by atoms with Crippen molar-refractivity contribution in [1.29, 1.82) is 0 Å². The predicted molar refractivity (Wildman–Crippen MR) is 44.5 cm³/mol. The number of carbonyl (C=O) groups is 1. The van der Waals surface area contributed by atoms with Crippen molar-refractivity contribution in [2.75, 3.05) is 0 Å². The number of imidazole rings is 1. The summed E-state index contributed by atoms with van der Waals surface area (Å²) in [5.41, 5.74) is -1.58. The minimum absolute atomic E-state index is 0.144. The molecule has 0 amide bonds. The number of aromatic nitrogens is 2. The van der Waals surface area contributed by atoms with Crippen LogP contribution in [0.4, 0.5) is 13.2 Å². The Kier molecular flexibility index (Phi) is 2.11. The number of hydrogen-bond donors (Lipinski definition) is 0. The number of fused-ring (bicyclic) bond motifs is 1. The highest BCUT2D eigenvalue weighted by Crippen LogP contribution is 2.30. The summed E-state index contributed by atoms with van der Waals surface area (Å²) in [5, 5.41) is 10.6. The molecule has 0 bridgehead atoms. The Morgan fingerprint density at radius 2 is 2.12 bits per heavy atom. The van der Waals surface area contributed by atoms with E-state index < -0.39 is 23.4 Å². The minimum Gasteiger partial charge on any atom is -0.543 e. The van der Waals surface area contributed by atoms with Crippen LogP contribution in [0.2, 0.25) is 0 Å². The van der Waals surface area contributed by atoms with Crippen LogP contribution in [0.1, 0.15) is 16.1 Å². The molecule has 2 aromatic rings. The number of alkyl halides is 3. The van der Waals surface area contributed by atoms with Gasteiger partial charge in [-0.25, -0.2) is 4.98 Å². The van der Waals surface area contributed by atoms with E-state index in [1.54, 1.807) is 0 Å². The van der Waals surface area contributed by atoms with Gasteiger partial charge in [-0.05, 0) is 12.1 Å². The maximum absolute atomic E-state index is 12.4. The molecule has 0 aliphatic carbocycles. The van der Waals surface area contributed by atoms with E-state index in [-0.39, 0.29) is 5.52 Å². The quantitative estimate of drug-likeness (QED) is 0.723. The van der Waals surface area contributed by atoms with Gasteiger partial charge in [0.15, 0.2) is 0 Å². The Bertz CT molecular complexity index is 559. The van der Waals surface area contributed by atoms with E-state index in [9.17, 15) is 23.1 Å². The molecule has 0 aromatic carbocycles. The van der Waals surface area contributed by atoms with Crippen LogP contribution in [0, 0.1) is 0 Å². The number of hydrogen-bond acceptors (Lipinski definition) is 3. The molecule has 2 rings (SSSR count). The van der Waals surface area contributed by atoms with Crippen molar-refractivity contribution in [3.63, 3.8) is 0 Å². The van der Waals surface area contributed by atoms with E-state index in [0.29, 0.717) is 0 Å². The van der Waals surface area contributed by atoms with Gasteiger partial charge in [-0.2, -0.15) is 13.2 Å². The Balaban J connectivity index is 2.68. The van der Waals surface area contributed by atoms with Crippen LogP contribution in [0.15, 0.2) is 24.7 Å². The summed E-state index contributed by atoms with van der Waals surface area (Å²) in [4.78, 5) is 14.0. The van der Waals surface area contributed by atoms with Gasteiger partial charge in [0.2, 0.25) is 0 Å². The number of carboxylic acids is 1. The summed E-state index contributed by atoms with van der Waals surface area (Å²) in [6.07, 6.45) is -2.31. The van der Waals surface area contributed by atoms with Crippen molar-refractivity contribution in [3.05, 3.63) is 35.9 Å². The predicted octanol–water partition coefficient (Wildman–Crippen LogP) is 0.717. The van der Waals surface area contributed by atoms with Crippen LogP contribution in [-0.2, 0) is 6.18 Å². The van der Waals surface area contributed by atoms with Crippen LogP contribution in [0.3, 0.4) is 0 Å². The van der Waals surface area contributed by atoms with Gasteiger partial charge in [-0.1, -0.05) is 0 Å². The van der Waals surface area contributed by atoms with Crippen LogP contribution in [0.5, 0.6) is 0 Å². The van der Waals surface area contributed by atoms with Crippen molar-refractivity contribution in [3.8, 4) is 0 Å². The average Bonchev–Trinajstić information content (AvgIpc) is 2.58. The van der Waals surface area contributed by atoms with Crippen LogP contribution in [-0.4, -0.2) is 15.4 Å². The number of aromatic carboxylic acids is 1. The molecule has 0 aliphatic rings. The van der Waals surface area contributed by atoms with Gasteiger partial charge in [0.05, 0.1) is 23.4 Å². The first kappa shape index (κ1) is 10.5. The molecule has 7 heteroatoms. The molecule has 4 nitrogen and oxygen atoms in total. The molecule has 0 spiro atoms. The van der Waals surface area contributed by atoms with Gasteiger partial charge in [-0.3, -0.25) is 0 Å². The minimum atomic E-state index is -4.52. The number of pyridine rings is 1. The molecule has 0 saturated carbocycles. The number of rotatable bonds is 1. The fourth-order valence-electron chi connectivity index (χ4n) is 1.32. The van der Waals surface area contributed by atoms with Crippen molar-refractivity contribution in [1.82, 2.24) is 9.38 Å². The highest BCUT2D eigenvalue weighted by Gasteiger charge is 2.30. The number of carboxylic acid groups (broad SMARTS) is 1. The maximum atomic E-state index is 12.4.